The zero-order valence-electron chi connectivity index (χ0n) is 12.8. The molecule has 0 aliphatic carbocycles. The first kappa shape index (κ1) is 14.5. The molecule has 1 aliphatic heterocycles. The lowest BCUT2D eigenvalue weighted by Crippen LogP contribution is -2.22. The molecule has 1 N–H and O–H groups in total. The molecule has 1 unspecified atom stereocenters. The van der Waals surface area contributed by atoms with Crippen LogP contribution in [0.1, 0.15) is 40.7 Å². The summed E-state index contributed by atoms with van der Waals surface area (Å²) in [5.74, 6) is 0. The van der Waals surface area contributed by atoms with Gasteiger partial charge in [-0.25, -0.2) is 0 Å². The monoisotopic (exact) mass is 327 g/mol. The summed E-state index contributed by atoms with van der Waals surface area (Å²) in [6.07, 6.45) is 2.67. The van der Waals surface area contributed by atoms with Crippen LogP contribution in [0.15, 0.2) is 29.1 Å². The van der Waals surface area contributed by atoms with E-state index in [0.717, 1.165) is 30.0 Å². The zero-order valence-corrected chi connectivity index (χ0v) is 13.6. The molecule has 6 nitrogen and oxygen atoms in total. The molecule has 0 radical (unpaired) electrons. The van der Waals surface area contributed by atoms with Crippen molar-refractivity contribution in [2.24, 2.45) is 0 Å². The Kier molecular flexibility index (Phi) is 3.66. The van der Waals surface area contributed by atoms with E-state index in [0.29, 0.717) is 17.1 Å². The highest BCUT2D eigenvalue weighted by molar-refractivity contribution is 7.16. The molecule has 0 saturated carbocycles. The number of nitrogens with zero attached hydrogens (tertiary/aromatic N) is 4. The molecule has 118 valence electrons. The molecule has 0 amide bonds. The van der Waals surface area contributed by atoms with Crippen LogP contribution in [0.4, 0.5) is 0 Å². The van der Waals surface area contributed by atoms with E-state index in [2.05, 4.69) is 20.6 Å². The van der Waals surface area contributed by atoms with Gasteiger partial charge in [0.05, 0.1) is 6.04 Å². The Bertz CT molecular complexity index is 893. The van der Waals surface area contributed by atoms with E-state index in [1.54, 1.807) is 0 Å². The van der Waals surface area contributed by atoms with Gasteiger partial charge in [0, 0.05) is 6.42 Å². The van der Waals surface area contributed by atoms with Gasteiger partial charge in [0.1, 0.15) is 10.7 Å². The summed E-state index contributed by atoms with van der Waals surface area (Å²) in [6, 6.07) is 8.33. The lowest BCUT2D eigenvalue weighted by molar-refractivity contribution is 0.626. The van der Waals surface area contributed by atoms with Crippen LogP contribution in [-0.2, 0) is 6.42 Å². The minimum atomic E-state index is -0.170. The van der Waals surface area contributed by atoms with Crippen LogP contribution in [0.3, 0.4) is 0 Å². The van der Waals surface area contributed by atoms with E-state index in [1.165, 1.54) is 21.4 Å². The summed E-state index contributed by atoms with van der Waals surface area (Å²) in [7, 11) is 0. The molecule has 1 fully saturated rings. The van der Waals surface area contributed by atoms with E-state index in [4.69, 9.17) is 0 Å². The Balaban J connectivity index is 1.69. The first-order valence-corrected chi connectivity index (χ1v) is 8.56. The van der Waals surface area contributed by atoms with Crippen molar-refractivity contribution < 1.29 is 0 Å². The number of benzene rings is 1. The van der Waals surface area contributed by atoms with Gasteiger partial charge < -0.3 is 5.32 Å². The summed E-state index contributed by atoms with van der Waals surface area (Å²) in [4.78, 5) is 13.2. The SMILES string of the molecule is Cc1ccc(Cc2nnc3sc(C4CCCN4)nn3c2=O)cc1. The fourth-order valence-corrected chi connectivity index (χ4v) is 3.75. The number of rotatable bonds is 3. The van der Waals surface area contributed by atoms with Gasteiger partial charge in [-0.2, -0.15) is 9.61 Å². The molecule has 0 bridgehead atoms. The van der Waals surface area contributed by atoms with Crippen molar-refractivity contribution in [1.82, 2.24) is 25.1 Å². The van der Waals surface area contributed by atoms with Crippen LogP contribution in [-0.4, -0.2) is 26.4 Å². The highest BCUT2D eigenvalue weighted by Crippen LogP contribution is 2.25. The van der Waals surface area contributed by atoms with Gasteiger partial charge in [0.25, 0.3) is 5.56 Å². The van der Waals surface area contributed by atoms with Gasteiger partial charge in [-0.05, 0) is 31.9 Å². The summed E-state index contributed by atoms with van der Waals surface area (Å²) in [6.45, 7) is 3.04. The highest BCUT2D eigenvalue weighted by Gasteiger charge is 2.22. The number of hydrogen-bond donors (Lipinski definition) is 1. The predicted molar refractivity (Wildman–Crippen MR) is 88.9 cm³/mol. The van der Waals surface area contributed by atoms with Crippen molar-refractivity contribution in [3.8, 4) is 0 Å². The maximum Gasteiger partial charge on any atom is 0.297 e. The number of nitrogens with one attached hydrogen (secondary N) is 1. The maximum absolute atomic E-state index is 12.6. The largest absolute Gasteiger partial charge is 0.308 e. The minimum absolute atomic E-state index is 0.170. The van der Waals surface area contributed by atoms with E-state index in [1.807, 2.05) is 31.2 Å². The summed E-state index contributed by atoms with van der Waals surface area (Å²) in [5, 5.41) is 17.1. The summed E-state index contributed by atoms with van der Waals surface area (Å²) in [5.41, 5.74) is 2.51. The molecule has 23 heavy (non-hydrogen) atoms. The van der Waals surface area contributed by atoms with Crippen molar-refractivity contribution in [3.05, 3.63) is 56.4 Å². The second-order valence-corrected chi connectivity index (χ2v) is 6.89. The van der Waals surface area contributed by atoms with Gasteiger partial charge in [0.2, 0.25) is 4.96 Å². The van der Waals surface area contributed by atoms with Gasteiger partial charge in [-0.3, -0.25) is 4.79 Å². The Labute approximate surface area is 137 Å². The van der Waals surface area contributed by atoms with Crippen molar-refractivity contribution in [3.63, 3.8) is 0 Å². The fraction of sp³-hybridized carbons (Fsp3) is 0.375. The third-order valence-electron chi connectivity index (χ3n) is 4.12. The first-order chi connectivity index (χ1) is 11.2. The second-order valence-electron chi connectivity index (χ2n) is 5.90. The average molecular weight is 327 g/mol. The molecule has 4 rings (SSSR count). The Morgan fingerprint density at radius 1 is 1.30 bits per heavy atom. The van der Waals surface area contributed by atoms with Crippen LogP contribution >= 0.6 is 11.3 Å². The van der Waals surface area contributed by atoms with E-state index in [9.17, 15) is 4.79 Å². The van der Waals surface area contributed by atoms with Crippen LogP contribution in [0.25, 0.3) is 4.96 Å². The van der Waals surface area contributed by atoms with Gasteiger partial charge in [-0.1, -0.05) is 41.2 Å². The van der Waals surface area contributed by atoms with E-state index < -0.39 is 0 Å². The van der Waals surface area contributed by atoms with E-state index >= 15 is 0 Å². The molecule has 1 aromatic carbocycles. The smallest absolute Gasteiger partial charge is 0.297 e. The molecule has 1 saturated heterocycles. The maximum atomic E-state index is 12.6. The molecule has 2 aromatic heterocycles. The third kappa shape index (κ3) is 2.77. The Morgan fingerprint density at radius 3 is 2.87 bits per heavy atom. The number of fused-ring (bicyclic) bond motifs is 1. The van der Waals surface area contributed by atoms with Gasteiger partial charge >= 0.3 is 0 Å². The van der Waals surface area contributed by atoms with Crippen LogP contribution < -0.4 is 10.9 Å². The quantitative estimate of drug-likeness (QED) is 0.795. The Morgan fingerprint density at radius 2 is 2.13 bits per heavy atom. The van der Waals surface area contributed by atoms with Crippen LogP contribution in [0, 0.1) is 6.92 Å². The predicted octanol–water partition coefficient (Wildman–Crippen LogP) is 1.87. The number of aromatic nitrogens is 4. The molecular weight excluding hydrogens is 310 g/mol. The fourth-order valence-electron chi connectivity index (χ4n) is 2.81. The molecule has 0 spiro atoms. The van der Waals surface area contributed by atoms with Gasteiger partial charge in [-0.15, -0.1) is 10.2 Å². The first-order valence-electron chi connectivity index (χ1n) is 7.75. The standard InChI is InChI=1S/C16H17N5OS/c1-10-4-6-11(7-5-10)9-13-15(22)21-16(19-18-13)23-14(20-21)12-3-2-8-17-12/h4-7,12,17H,2-3,8-9H2,1H3. The third-order valence-corrected chi connectivity index (χ3v) is 5.13. The topological polar surface area (TPSA) is 72.2 Å². The molecule has 7 heteroatoms. The van der Waals surface area contributed by atoms with Crippen LogP contribution in [0.2, 0.25) is 0 Å². The highest BCUT2D eigenvalue weighted by atomic mass is 32.1. The lowest BCUT2D eigenvalue weighted by Gasteiger charge is -2.02. The van der Waals surface area contributed by atoms with Crippen LogP contribution in [0.5, 0.6) is 0 Å². The van der Waals surface area contributed by atoms with Crippen molar-refractivity contribution >= 4 is 16.3 Å². The lowest BCUT2D eigenvalue weighted by atomic mass is 10.1. The normalized spacial score (nSPS) is 17.9. The zero-order chi connectivity index (χ0) is 15.8. The van der Waals surface area contributed by atoms with Crippen molar-refractivity contribution in [2.45, 2.75) is 32.2 Å². The number of hydrogen-bond acceptors (Lipinski definition) is 6. The van der Waals surface area contributed by atoms with Gasteiger partial charge in [0.15, 0.2) is 0 Å². The van der Waals surface area contributed by atoms with Crippen molar-refractivity contribution in [2.75, 3.05) is 6.54 Å². The summed E-state index contributed by atoms with van der Waals surface area (Å²) >= 11 is 1.44. The minimum Gasteiger partial charge on any atom is -0.308 e. The van der Waals surface area contributed by atoms with E-state index in [-0.39, 0.29) is 11.6 Å². The molecule has 3 heterocycles. The average Bonchev–Trinajstić information content (AvgIpc) is 3.21. The summed E-state index contributed by atoms with van der Waals surface area (Å²) < 4.78 is 1.40. The Hall–Kier alpha value is -2.12. The number of aryl methyl sites for hydroxylation is 1. The second kappa shape index (κ2) is 5.82. The molecule has 3 aromatic rings. The molecule has 1 atom stereocenters. The molecular formula is C16H17N5OS. The molecule has 1 aliphatic rings. The van der Waals surface area contributed by atoms with Crippen molar-refractivity contribution in [1.29, 1.82) is 0 Å².